The van der Waals surface area contributed by atoms with Gasteiger partial charge in [0, 0.05) is 43.7 Å². The van der Waals surface area contributed by atoms with E-state index in [1.54, 1.807) is 0 Å². The molecule has 0 radical (unpaired) electrons. The third-order valence-electron chi connectivity index (χ3n) is 9.63. The normalized spacial score (nSPS) is 11.8. The zero-order valence-electron chi connectivity index (χ0n) is 25.3. The van der Waals surface area contributed by atoms with Gasteiger partial charge in [-0.05, 0) is 66.7 Å². The SMILES string of the molecule is N#Cc1ccc2c(c1)c1c(ccc3c4ccccc4n(-c4ccccc4)c31)n2-c1cccc2c3ccccc3n(-c3ccccc3)c12. The van der Waals surface area contributed by atoms with Crippen molar-refractivity contribution < 1.29 is 0 Å². The van der Waals surface area contributed by atoms with Gasteiger partial charge < -0.3 is 13.7 Å². The standard InChI is InChI=1S/C43H26N4/c44-27-28-22-24-38-35(26-28)41-39(25-23-34-32-17-8-10-20-37(32)46(43(34)41)30-14-5-2-6-15-30)47(38)40-21-11-18-33-31-16-7-9-19-36(31)45(42(33)40)29-12-3-1-4-13-29/h1-26H. The maximum atomic E-state index is 10.1. The van der Waals surface area contributed by atoms with Gasteiger partial charge in [-0.25, -0.2) is 0 Å². The van der Waals surface area contributed by atoms with Crippen LogP contribution in [0.1, 0.15) is 5.56 Å². The molecule has 3 aromatic heterocycles. The van der Waals surface area contributed by atoms with Crippen LogP contribution in [0.25, 0.3) is 82.5 Å². The Balaban J connectivity index is 1.44. The lowest BCUT2D eigenvalue weighted by Crippen LogP contribution is -2.00. The van der Waals surface area contributed by atoms with Crippen molar-refractivity contribution in [2.24, 2.45) is 0 Å². The van der Waals surface area contributed by atoms with Gasteiger partial charge >= 0.3 is 0 Å². The van der Waals surface area contributed by atoms with Crippen molar-refractivity contribution in [3.8, 4) is 23.1 Å². The van der Waals surface area contributed by atoms with Gasteiger partial charge in [-0.1, -0.05) is 91.0 Å². The van der Waals surface area contributed by atoms with E-state index in [-0.39, 0.29) is 0 Å². The number of rotatable bonds is 3. The Hall–Kier alpha value is -6.57. The molecule has 0 saturated carbocycles. The van der Waals surface area contributed by atoms with E-state index in [0.29, 0.717) is 5.56 Å². The Morgan fingerprint density at radius 3 is 1.57 bits per heavy atom. The number of hydrogen-bond donors (Lipinski definition) is 0. The minimum absolute atomic E-state index is 0.646. The number of aromatic nitrogens is 3. The molecule has 0 N–H and O–H groups in total. The molecule has 0 fully saturated rings. The first kappa shape index (κ1) is 25.7. The Morgan fingerprint density at radius 1 is 0.383 bits per heavy atom. The summed E-state index contributed by atoms with van der Waals surface area (Å²) in [6, 6.07) is 58.2. The van der Waals surface area contributed by atoms with Crippen molar-refractivity contribution in [3.05, 3.63) is 163 Å². The van der Waals surface area contributed by atoms with Crippen molar-refractivity contribution in [2.75, 3.05) is 0 Å². The van der Waals surface area contributed by atoms with E-state index in [0.717, 1.165) is 55.4 Å². The molecule has 0 atom stereocenters. The van der Waals surface area contributed by atoms with Gasteiger partial charge in [0.2, 0.25) is 0 Å². The van der Waals surface area contributed by atoms with Gasteiger partial charge in [0.1, 0.15) is 0 Å². The fraction of sp³-hybridized carbons (Fsp3) is 0. The number of benzene rings is 7. The van der Waals surface area contributed by atoms with E-state index < -0.39 is 0 Å². The highest BCUT2D eigenvalue weighted by atomic mass is 15.1. The summed E-state index contributed by atoms with van der Waals surface area (Å²) in [4.78, 5) is 0. The smallest absolute Gasteiger partial charge is 0.0991 e. The molecular weight excluding hydrogens is 573 g/mol. The minimum Gasteiger partial charge on any atom is -0.309 e. The summed E-state index contributed by atoms with van der Waals surface area (Å²) in [5, 5.41) is 17.1. The summed E-state index contributed by atoms with van der Waals surface area (Å²) < 4.78 is 7.18. The minimum atomic E-state index is 0.646. The highest BCUT2D eigenvalue weighted by Gasteiger charge is 2.23. The maximum Gasteiger partial charge on any atom is 0.0991 e. The highest BCUT2D eigenvalue weighted by molar-refractivity contribution is 6.26. The molecular formula is C43H26N4. The van der Waals surface area contributed by atoms with E-state index >= 15 is 0 Å². The van der Waals surface area contributed by atoms with Gasteiger partial charge in [0.15, 0.2) is 0 Å². The molecule has 0 amide bonds. The van der Waals surface area contributed by atoms with Crippen LogP contribution in [-0.4, -0.2) is 13.7 Å². The second-order valence-electron chi connectivity index (χ2n) is 12.1. The molecule has 0 spiro atoms. The van der Waals surface area contributed by atoms with Gasteiger partial charge in [-0.15, -0.1) is 0 Å². The van der Waals surface area contributed by atoms with Crippen molar-refractivity contribution in [2.45, 2.75) is 0 Å². The van der Waals surface area contributed by atoms with Gasteiger partial charge in [-0.2, -0.15) is 5.26 Å². The summed E-state index contributed by atoms with van der Waals surface area (Å²) in [6.07, 6.45) is 0. The van der Waals surface area contributed by atoms with E-state index in [2.05, 4.69) is 171 Å². The molecule has 0 saturated heterocycles. The van der Waals surface area contributed by atoms with Crippen LogP contribution >= 0.6 is 0 Å². The molecule has 0 aliphatic rings. The molecule has 3 heterocycles. The molecule has 0 aliphatic heterocycles. The molecule has 0 aliphatic carbocycles. The highest BCUT2D eigenvalue weighted by Crippen LogP contribution is 2.44. The summed E-state index contributed by atoms with van der Waals surface area (Å²) in [7, 11) is 0. The zero-order valence-corrected chi connectivity index (χ0v) is 25.3. The van der Waals surface area contributed by atoms with Crippen LogP contribution in [0.3, 0.4) is 0 Å². The largest absolute Gasteiger partial charge is 0.309 e. The number of fused-ring (bicyclic) bond motifs is 10. The van der Waals surface area contributed by atoms with Crippen LogP contribution < -0.4 is 0 Å². The summed E-state index contributed by atoms with van der Waals surface area (Å²) in [5.41, 5.74) is 10.7. The lowest BCUT2D eigenvalue weighted by molar-refractivity contribution is 1.13. The Morgan fingerprint density at radius 2 is 0.915 bits per heavy atom. The topological polar surface area (TPSA) is 38.6 Å². The van der Waals surface area contributed by atoms with Gasteiger partial charge in [-0.3, -0.25) is 0 Å². The molecule has 4 nitrogen and oxygen atoms in total. The van der Waals surface area contributed by atoms with Crippen molar-refractivity contribution in [1.82, 2.24) is 13.7 Å². The van der Waals surface area contributed by atoms with Crippen LogP contribution in [0.15, 0.2) is 158 Å². The quantitative estimate of drug-likeness (QED) is 0.199. The van der Waals surface area contributed by atoms with Gasteiger partial charge in [0.05, 0.1) is 50.4 Å². The van der Waals surface area contributed by atoms with Crippen LogP contribution in [0.4, 0.5) is 0 Å². The fourth-order valence-corrected chi connectivity index (χ4v) is 7.76. The summed E-state index contributed by atoms with van der Waals surface area (Å²) in [6.45, 7) is 0. The first-order valence-corrected chi connectivity index (χ1v) is 15.9. The van der Waals surface area contributed by atoms with E-state index in [9.17, 15) is 5.26 Å². The predicted molar refractivity (Wildman–Crippen MR) is 194 cm³/mol. The number of hydrogen-bond acceptors (Lipinski definition) is 1. The van der Waals surface area contributed by atoms with Crippen molar-refractivity contribution in [1.29, 1.82) is 5.26 Å². The Labute approximate surface area is 270 Å². The second-order valence-corrected chi connectivity index (χ2v) is 12.1. The Bertz CT molecular complexity index is 2900. The van der Waals surface area contributed by atoms with Crippen LogP contribution in [0.5, 0.6) is 0 Å². The van der Waals surface area contributed by atoms with E-state index in [1.165, 1.54) is 27.1 Å². The maximum absolute atomic E-state index is 10.1. The van der Waals surface area contributed by atoms with E-state index in [1.807, 2.05) is 6.07 Å². The first-order valence-electron chi connectivity index (χ1n) is 15.9. The molecule has 7 aromatic carbocycles. The molecule has 4 heteroatoms. The fourth-order valence-electron chi connectivity index (χ4n) is 7.76. The monoisotopic (exact) mass is 598 g/mol. The predicted octanol–water partition coefficient (Wildman–Crippen LogP) is 10.8. The first-order chi connectivity index (χ1) is 23.3. The summed E-state index contributed by atoms with van der Waals surface area (Å²) in [5.74, 6) is 0. The Kier molecular flexibility index (Phi) is 5.32. The lowest BCUT2D eigenvalue weighted by atomic mass is 10.1. The number of para-hydroxylation sites is 5. The van der Waals surface area contributed by atoms with Crippen LogP contribution in [0, 0.1) is 11.3 Å². The molecule has 10 rings (SSSR count). The zero-order chi connectivity index (χ0) is 31.1. The van der Waals surface area contributed by atoms with Crippen molar-refractivity contribution in [3.63, 3.8) is 0 Å². The molecule has 0 unspecified atom stereocenters. The number of nitriles is 1. The molecule has 47 heavy (non-hydrogen) atoms. The molecule has 0 bridgehead atoms. The molecule has 10 aromatic rings. The number of nitrogens with zero attached hydrogens (tertiary/aromatic N) is 4. The van der Waals surface area contributed by atoms with Crippen LogP contribution in [-0.2, 0) is 0 Å². The third-order valence-corrected chi connectivity index (χ3v) is 9.63. The third kappa shape index (κ3) is 3.51. The molecule has 218 valence electrons. The summed E-state index contributed by atoms with van der Waals surface area (Å²) >= 11 is 0. The average molecular weight is 599 g/mol. The van der Waals surface area contributed by atoms with Crippen LogP contribution in [0.2, 0.25) is 0 Å². The van der Waals surface area contributed by atoms with Gasteiger partial charge in [0.25, 0.3) is 0 Å². The average Bonchev–Trinajstić information content (AvgIpc) is 3.78. The second kappa shape index (κ2) is 9.71. The lowest BCUT2D eigenvalue weighted by Gasteiger charge is -2.14. The van der Waals surface area contributed by atoms with Crippen molar-refractivity contribution >= 4 is 65.4 Å². The van der Waals surface area contributed by atoms with E-state index in [4.69, 9.17) is 0 Å².